The van der Waals surface area contributed by atoms with E-state index in [2.05, 4.69) is 0 Å². The fourth-order valence-electron chi connectivity index (χ4n) is 1.80. The van der Waals surface area contributed by atoms with Crippen LogP contribution in [0.5, 0.6) is 0 Å². The maximum atomic E-state index is 12.0. The molecule has 1 heterocycles. The van der Waals surface area contributed by atoms with Gasteiger partial charge in [0.05, 0.1) is 0 Å². The number of nitrogens with zero attached hydrogens (tertiary/aromatic N) is 2. The molecule has 6 nitrogen and oxygen atoms in total. The van der Waals surface area contributed by atoms with E-state index in [4.69, 9.17) is 5.11 Å². The predicted molar refractivity (Wildman–Crippen MR) is 60.2 cm³/mol. The Bertz CT molecular complexity index is 342. The molecule has 0 unspecified atom stereocenters. The number of aliphatic carboxylic acids is 1. The zero-order valence-corrected chi connectivity index (χ0v) is 10.3. The summed E-state index contributed by atoms with van der Waals surface area (Å²) in [5.41, 5.74) is 0. The fourth-order valence-corrected chi connectivity index (χ4v) is 1.80. The van der Waals surface area contributed by atoms with Gasteiger partial charge in [-0.2, -0.15) is 0 Å². The second kappa shape index (κ2) is 5.16. The van der Waals surface area contributed by atoms with Crippen LogP contribution in [-0.2, 0) is 14.4 Å². The summed E-state index contributed by atoms with van der Waals surface area (Å²) in [7, 11) is 3.16. The van der Waals surface area contributed by atoms with E-state index in [1.807, 2.05) is 0 Å². The molecule has 0 aliphatic carbocycles. The smallest absolute Gasteiger partial charge is 0.326 e. The van der Waals surface area contributed by atoms with Crippen molar-refractivity contribution in [1.29, 1.82) is 0 Å². The van der Waals surface area contributed by atoms with Crippen molar-refractivity contribution in [2.75, 3.05) is 20.6 Å². The second-order valence-corrected chi connectivity index (χ2v) is 4.47. The minimum atomic E-state index is -1.04. The molecular weight excluding hydrogens is 224 g/mol. The van der Waals surface area contributed by atoms with Crippen LogP contribution in [0.4, 0.5) is 0 Å². The summed E-state index contributed by atoms with van der Waals surface area (Å²) >= 11 is 0. The van der Waals surface area contributed by atoms with Crippen LogP contribution in [0.25, 0.3) is 0 Å². The van der Waals surface area contributed by atoms with Crippen LogP contribution in [0.3, 0.4) is 0 Å². The normalized spacial score (nSPS) is 22.2. The van der Waals surface area contributed by atoms with Gasteiger partial charge in [-0.15, -0.1) is 0 Å². The Labute approximate surface area is 100 Å². The molecule has 1 rings (SSSR count). The monoisotopic (exact) mass is 242 g/mol. The lowest BCUT2D eigenvalue weighted by atomic mass is 9.94. The van der Waals surface area contributed by atoms with E-state index in [1.165, 1.54) is 18.9 Å². The molecule has 0 aromatic heterocycles. The maximum absolute atomic E-state index is 12.0. The molecule has 1 saturated heterocycles. The van der Waals surface area contributed by atoms with Gasteiger partial charge in [0.15, 0.2) is 0 Å². The predicted octanol–water partition coefficient (Wildman–Crippen LogP) is -0.214. The van der Waals surface area contributed by atoms with Crippen molar-refractivity contribution in [3.63, 3.8) is 0 Å². The number of amides is 2. The van der Waals surface area contributed by atoms with Gasteiger partial charge < -0.3 is 14.9 Å². The third kappa shape index (κ3) is 2.95. The minimum absolute atomic E-state index is 0.0639. The number of hydrogen-bond donors (Lipinski definition) is 1. The summed E-state index contributed by atoms with van der Waals surface area (Å²) in [4.78, 5) is 37.0. The molecule has 1 aliphatic heterocycles. The Morgan fingerprint density at radius 3 is 2.59 bits per heavy atom. The first-order valence-electron chi connectivity index (χ1n) is 5.58. The Morgan fingerprint density at radius 1 is 1.53 bits per heavy atom. The van der Waals surface area contributed by atoms with Gasteiger partial charge in [0, 0.05) is 33.0 Å². The van der Waals surface area contributed by atoms with E-state index in [1.54, 1.807) is 11.9 Å². The van der Waals surface area contributed by atoms with Gasteiger partial charge in [-0.05, 0) is 13.3 Å². The van der Waals surface area contributed by atoms with Gasteiger partial charge >= 0.3 is 5.97 Å². The summed E-state index contributed by atoms with van der Waals surface area (Å²) < 4.78 is 0. The molecule has 2 atom stereocenters. The number of hydrogen-bond acceptors (Lipinski definition) is 3. The number of likely N-dealkylation sites (tertiary alicyclic amines) is 1. The molecule has 6 heteroatoms. The van der Waals surface area contributed by atoms with E-state index in [9.17, 15) is 14.4 Å². The summed E-state index contributed by atoms with van der Waals surface area (Å²) in [5, 5.41) is 8.82. The van der Waals surface area contributed by atoms with Crippen LogP contribution >= 0.6 is 0 Å². The quantitative estimate of drug-likeness (QED) is 0.742. The Morgan fingerprint density at radius 2 is 2.12 bits per heavy atom. The maximum Gasteiger partial charge on any atom is 0.326 e. The van der Waals surface area contributed by atoms with Crippen molar-refractivity contribution >= 4 is 17.8 Å². The average Bonchev–Trinajstić information content (AvgIpc) is 2.29. The first-order valence-corrected chi connectivity index (χ1v) is 5.58. The van der Waals surface area contributed by atoms with Gasteiger partial charge in [-0.25, -0.2) is 4.79 Å². The SMILES string of the molecule is C[C@H](C(=O)O)N(C)C(=O)[C@H]1CCN(C)C(=O)C1. The summed E-state index contributed by atoms with van der Waals surface area (Å²) in [6.45, 7) is 2.00. The minimum Gasteiger partial charge on any atom is -0.480 e. The van der Waals surface area contributed by atoms with Gasteiger partial charge in [0.1, 0.15) is 6.04 Å². The van der Waals surface area contributed by atoms with Crippen LogP contribution in [0.2, 0.25) is 0 Å². The van der Waals surface area contributed by atoms with Gasteiger partial charge in [-0.3, -0.25) is 9.59 Å². The van der Waals surface area contributed by atoms with Crippen LogP contribution in [0.15, 0.2) is 0 Å². The highest BCUT2D eigenvalue weighted by Gasteiger charge is 2.33. The number of carbonyl (C=O) groups is 3. The highest BCUT2D eigenvalue weighted by Crippen LogP contribution is 2.20. The molecule has 0 spiro atoms. The number of carbonyl (C=O) groups excluding carboxylic acids is 2. The lowest BCUT2D eigenvalue weighted by Crippen LogP contribution is -2.47. The average molecular weight is 242 g/mol. The third-order valence-electron chi connectivity index (χ3n) is 3.29. The van der Waals surface area contributed by atoms with Crippen molar-refractivity contribution in [2.45, 2.75) is 25.8 Å². The highest BCUT2D eigenvalue weighted by atomic mass is 16.4. The summed E-state index contributed by atoms with van der Waals surface area (Å²) in [6.07, 6.45) is 0.768. The molecule has 17 heavy (non-hydrogen) atoms. The number of carboxylic acids is 1. The Balaban J connectivity index is 2.64. The third-order valence-corrected chi connectivity index (χ3v) is 3.29. The van der Waals surface area contributed by atoms with Crippen LogP contribution in [-0.4, -0.2) is 59.4 Å². The van der Waals surface area contributed by atoms with Crippen molar-refractivity contribution in [3.8, 4) is 0 Å². The molecule has 0 bridgehead atoms. The molecule has 1 N–H and O–H groups in total. The second-order valence-electron chi connectivity index (χ2n) is 4.47. The zero-order valence-electron chi connectivity index (χ0n) is 10.3. The van der Waals surface area contributed by atoms with E-state index >= 15 is 0 Å². The largest absolute Gasteiger partial charge is 0.480 e. The Kier molecular flexibility index (Phi) is 4.09. The van der Waals surface area contributed by atoms with Gasteiger partial charge in [0.2, 0.25) is 11.8 Å². The first-order chi connectivity index (χ1) is 7.84. The van der Waals surface area contributed by atoms with E-state index in [0.29, 0.717) is 13.0 Å². The van der Waals surface area contributed by atoms with Gasteiger partial charge in [-0.1, -0.05) is 0 Å². The van der Waals surface area contributed by atoms with Crippen LogP contribution < -0.4 is 0 Å². The van der Waals surface area contributed by atoms with Gasteiger partial charge in [0.25, 0.3) is 0 Å². The number of carboxylic acid groups (broad SMARTS) is 1. The molecular formula is C11H18N2O4. The van der Waals surface area contributed by atoms with Crippen molar-refractivity contribution in [3.05, 3.63) is 0 Å². The highest BCUT2D eigenvalue weighted by molar-refractivity contribution is 5.89. The molecule has 1 fully saturated rings. The molecule has 1 aliphatic rings. The zero-order chi connectivity index (χ0) is 13.2. The van der Waals surface area contributed by atoms with E-state index in [0.717, 1.165) is 0 Å². The molecule has 0 aromatic rings. The van der Waals surface area contributed by atoms with Crippen molar-refractivity contribution in [1.82, 2.24) is 9.80 Å². The molecule has 0 aromatic carbocycles. The van der Waals surface area contributed by atoms with Crippen molar-refractivity contribution < 1.29 is 19.5 Å². The Hall–Kier alpha value is -1.59. The van der Waals surface area contributed by atoms with E-state index < -0.39 is 12.0 Å². The molecule has 2 amide bonds. The first kappa shape index (κ1) is 13.5. The summed E-state index contributed by atoms with van der Waals surface area (Å²) in [5.74, 6) is -1.75. The standard InChI is InChI=1S/C11H18N2O4/c1-7(11(16)17)13(3)10(15)8-4-5-12(2)9(14)6-8/h7-8H,4-6H2,1-3H3,(H,16,17)/t7-,8+/m1/s1. The van der Waals surface area contributed by atoms with Crippen molar-refractivity contribution in [2.24, 2.45) is 5.92 Å². The molecule has 96 valence electrons. The lowest BCUT2D eigenvalue weighted by Gasteiger charge is -2.31. The topological polar surface area (TPSA) is 77.9 Å². The number of rotatable bonds is 3. The number of piperidine rings is 1. The molecule has 0 saturated carbocycles. The van der Waals surface area contributed by atoms with E-state index in [-0.39, 0.29) is 24.2 Å². The lowest BCUT2D eigenvalue weighted by molar-refractivity contribution is -0.152. The number of likely N-dealkylation sites (N-methyl/N-ethyl adjacent to an activating group) is 1. The van der Waals surface area contributed by atoms with Crippen LogP contribution in [0, 0.1) is 5.92 Å². The van der Waals surface area contributed by atoms with Crippen LogP contribution in [0.1, 0.15) is 19.8 Å². The molecule has 0 radical (unpaired) electrons. The fraction of sp³-hybridized carbons (Fsp3) is 0.727. The summed E-state index contributed by atoms with van der Waals surface area (Å²) in [6, 6.07) is -0.864.